The topological polar surface area (TPSA) is 62.2 Å². The fourth-order valence-corrected chi connectivity index (χ4v) is 4.02. The van der Waals surface area contributed by atoms with Crippen molar-refractivity contribution in [1.29, 1.82) is 0 Å². The number of carbonyl (C=O) groups is 2. The van der Waals surface area contributed by atoms with Gasteiger partial charge in [0.15, 0.2) is 0 Å². The van der Waals surface area contributed by atoms with Crippen LogP contribution in [0.3, 0.4) is 0 Å². The van der Waals surface area contributed by atoms with Crippen molar-refractivity contribution in [2.45, 2.75) is 52.1 Å². The van der Waals surface area contributed by atoms with Gasteiger partial charge in [-0.25, -0.2) is 0 Å². The molecule has 0 radical (unpaired) electrons. The molecule has 1 aromatic rings. The van der Waals surface area contributed by atoms with Gasteiger partial charge in [-0.15, -0.1) is 0 Å². The number of hydrogen-bond acceptors (Lipinski definition) is 4. The van der Waals surface area contributed by atoms with Crippen LogP contribution in [-0.4, -0.2) is 59.6 Å². The van der Waals surface area contributed by atoms with Crippen LogP contribution in [0.25, 0.3) is 0 Å². The number of oxime groups is 1. The zero-order valence-corrected chi connectivity index (χ0v) is 17.0. The number of likely N-dealkylation sites (tertiary alicyclic amines) is 1. The third kappa shape index (κ3) is 4.91. The molecule has 2 heterocycles. The molecule has 1 aromatic carbocycles. The minimum Gasteiger partial charge on any atom is -0.382 e. The van der Waals surface area contributed by atoms with Gasteiger partial charge in [0.2, 0.25) is 12.0 Å². The zero-order chi connectivity index (χ0) is 19.9. The van der Waals surface area contributed by atoms with Crippen LogP contribution in [0.5, 0.6) is 0 Å². The highest BCUT2D eigenvalue weighted by atomic mass is 16.6. The predicted molar refractivity (Wildman–Crippen MR) is 109 cm³/mol. The molecule has 6 nitrogen and oxygen atoms in total. The second-order valence-electron chi connectivity index (χ2n) is 7.58. The molecule has 2 amide bonds. The first-order chi connectivity index (χ1) is 13.6. The van der Waals surface area contributed by atoms with Crippen LogP contribution in [-0.2, 0) is 20.8 Å². The number of aryl methyl sites for hydroxylation is 1. The molecule has 1 fully saturated rings. The number of amides is 2. The standard InChI is InChI=1S/C22H31N3O3/c1-3-24(4-2)21(26)18-11-8-14-25(16-18)22(27)20-15-19(23-28-20)13-12-17-9-6-5-7-10-17/h5-7,9-10,18,20H,3-4,8,11-16H2,1-2H3/t18-,20+/m1/s1. The van der Waals surface area contributed by atoms with E-state index in [9.17, 15) is 9.59 Å². The molecule has 2 atom stereocenters. The van der Waals surface area contributed by atoms with Gasteiger partial charge in [-0.05, 0) is 45.1 Å². The van der Waals surface area contributed by atoms with Gasteiger partial charge >= 0.3 is 0 Å². The minimum atomic E-state index is -0.534. The Morgan fingerprint density at radius 1 is 1.18 bits per heavy atom. The van der Waals surface area contributed by atoms with E-state index in [1.54, 1.807) is 4.90 Å². The van der Waals surface area contributed by atoms with Crippen molar-refractivity contribution in [2.24, 2.45) is 11.1 Å². The number of carbonyl (C=O) groups excluding carboxylic acids is 2. The van der Waals surface area contributed by atoms with Crippen LogP contribution in [0.4, 0.5) is 0 Å². The SMILES string of the molecule is CCN(CC)C(=O)[C@@H]1CCCN(C(=O)[C@@H]2CC(CCc3ccccc3)=NO2)C1. The second-order valence-corrected chi connectivity index (χ2v) is 7.58. The van der Waals surface area contributed by atoms with E-state index < -0.39 is 6.10 Å². The molecule has 0 spiro atoms. The maximum atomic E-state index is 12.9. The Bertz CT molecular complexity index is 700. The molecule has 6 heteroatoms. The highest BCUT2D eigenvalue weighted by molar-refractivity contribution is 5.93. The number of nitrogens with zero attached hydrogens (tertiary/aromatic N) is 3. The first-order valence-electron chi connectivity index (χ1n) is 10.4. The Balaban J connectivity index is 1.50. The van der Waals surface area contributed by atoms with Crippen molar-refractivity contribution in [3.63, 3.8) is 0 Å². The van der Waals surface area contributed by atoms with E-state index in [0.717, 1.165) is 31.4 Å². The first-order valence-corrected chi connectivity index (χ1v) is 10.4. The van der Waals surface area contributed by atoms with Crippen LogP contribution in [0.15, 0.2) is 35.5 Å². The summed E-state index contributed by atoms with van der Waals surface area (Å²) in [5.41, 5.74) is 2.20. The zero-order valence-electron chi connectivity index (χ0n) is 17.0. The van der Waals surface area contributed by atoms with Crippen LogP contribution in [0.2, 0.25) is 0 Å². The fourth-order valence-electron chi connectivity index (χ4n) is 4.02. The Labute approximate surface area is 167 Å². The van der Waals surface area contributed by atoms with Crippen molar-refractivity contribution in [3.8, 4) is 0 Å². The molecular weight excluding hydrogens is 354 g/mol. The van der Waals surface area contributed by atoms with E-state index in [1.165, 1.54) is 5.56 Å². The van der Waals surface area contributed by atoms with Gasteiger partial charge in [0.05, 0.1) is 11.6 Å². The Hall–Kier alpha value is -2.37. The van der Waals surface area contributed by atoms with Gasteiger partial charge in [0, 0.05) is 32.6 Å². The fraction of sp³-hybridized carbons (Fsp3) is 0.591. The molecule has 0 aliphatic carbocycles. The summed E-state index contributed by atoms with van der Waals surface area (Å²) >= 11 is 0. The monoisotopic (exact) mass is 385 g/mol. The third-order valence-corrected chi connectivity index (χ3v) is 5.71. The average molecular weight is 386 g/mol. The number of benzene rings is 1. The van der Waals surface area contributed by atoms with Gasteiger partial charge in [0.25, 0.3) is 5.91 Å². The van der Waals surface area contributed by atoms with Crippen molar-refractivity contribution in [2.75, 3.05) is 26.2 Å². The smallest absolute Gasteiger partial charge is 0.266 e. The highest BCUT2D eigenvalue weighted by Gasteiger charge is 2.36. The molecule has 2 aliphatic rings. The van der Waals surface area contributed by atoms with Crippen molar-refractivity contribution >= 4 is 17.5 Å². The molecule has 152 valence electrons. The number of rotatable bonds is 7. The lowest BCUT2D eigenvalue weighted by Crippen LogP contribution is -2.49. The van der Waals surface area contributed by atoms with E-state index in [-0.39, 0.29) is 17.7 Å². The molecule has 3 rings (SSSR count). The van der Waals surface area contributed by atoms with Crippen molar-refractivity contribution in [3.05, 3.63) is 35.9 Å². The minimum absolute atomic E-state index is 0.0319. The third-order valence-electron chi connectivity index (χ3n) is 5.71. The number of piperidine rings is 1. The summed E-state index contributed by atoms with van der Waals surface area (Å²) < 4.78 is 0. The van der Waals surface area contributed by atoms with E-state index in [0.29, 0.717) is 32.6 Å². The molecule has 0 bridgehead atoms. The summed E-state index contributed by atoms with van der Waals surface area (Å²) in [5, 5.41) is 4.15. The van der Waals surface area contributed by atoms with Gasteiger partial charge in [-0.2, -0.15) is 0 Å². The normalized spacial score (nSPS) is 21.8. The van der Waals surface area contributed by atoms with Crippen molar-refractivity contribution < 1.29 is 14.4 Å². The van der Waals surface area contributed by atoms with Crippen LogP contribution in [0, 0.1) is 5.92 Å². The Morgan fingerprint density at radius 2 is 1.93 bits per heavy atom. The summed E-state index contributed by atoms with van der Waals surface area (Å²) in [6, 6.07) is 10.3. The largest absolute Gasteiger partial charge is 0.382 e. The van der Waals surface area contributed by atoms with Gasteiger partial charge in [-0.1, -0.05) is 35.5 Å². The maximum Gasteiger partial charge on any atom is 0.266 e. The summed E-state index contributed by atoms with van der Waals surface area (Å²) in [7, 11) is 0. The van der Waals surface area contributed by atoms with Gasteiger partial charge < -0.3 is 14.6 Å². The van der Waals surface area contributed by atoms with E-state index >= 15 is 0 Å². The molecule has 0 aromatic heterocycles. The predicted octanol–water partition coefficient (Wildman–Crippen LogP) is 2.87. The molecule has 0 N–H and O–H groups in total. The highest BCUT2D eigenvalue weighted by Crippen LogP contribution is 2.23. The van der Waals surface area contributed by atoms with E-state index in [1.807, 2.05) is 36.9 Å². The second kappa shape index (κ2) is 9.71. The molecule has 1 saturated heterocycles. The Kier molecular flexibility index (Phi) is 7.06. The molecule has 0 unspecified atom stereocenters. The Morgan fingerprint density at radius 3 is 2.64 bits per heavy atom. The number of hydrogen-bond donors (Lipinski definition) is 0. The summed E-state index contributed by atoms with van der Waals surface area (Å²) in [6.45, 7) is 6.60. The van der Waals surface area contributed by atoms with Gasteiger partial charge in [0.1, 0.15) is 0 Å². The molecule has 2 aliphatic heterocycles. The van der Waals surface area contributed by atoms with Crippen LogP contribution >= 0.6 is 0 Å². The molecule has 0 saturated carbocycles. The average Bonchev–Trinajstić information content (AvgIpc) is 3.22. The lowest BCUT2D eigenvalue weighted by Gasteiger charge is -2.35. The maximum absolute atomic E-state index is 12.9. The molecule has 28 heavy (non-hydrogen) atoms. The summed E-state index contributed by atoms with van der Waals surface area (Å²) in [5.74, 6) is 0.0302. The lowest BCUT2D eigenvalue weighted by atomic mass is 9.95. The van der Waals surface area contributed by atoms with E-state index in [4.69, 9.17) is 4.84 Å². The first kappa shape index (κ1) is 20.4. The van der Waals surface area contributed by atoms with Crippen molar-refractivity contribution in [1.82, 2.24) is 9.80 Å². The van der Waals surface area contributed by atoms with Gasteiger partial charge in [-0.3, -0.25) is 9.59 Å². The van der Waals surface area contributed by atoms with Crippen LogP contribution < -0.4 is 0 Å². The van der Waals surface area contributed by atoms with E-state index in [2.05, 4.69) is 17.3 Å². The van der Waals surface area contributed by atoms with Crippen LogP contribution in [0.1, 0.15) is 45.1 Å². The molecular formula is C22H31N3O3. The quantitative estimate of drug-likeness (QED) is 0.725. The summed E-state index contributed by atoms with van der Waals surface area (Å²) in [6.07, 6.45) is 3.43. The summed E-state index contributed by atoms with van der Waals surface area (Å²) in [4.78, 5) is 34.7. The lowest BCUT2D eigenvalue weighted by molar-refractivity contribution is -0.147.